The first-order valence-electron chi connectivity index (χ1n) is 12.8. The molecule has 3 rings (SSSR count). The number of anilines is 4. The fraction of sp³-hybridized carbons (Fsp3) is 0.333. The molecule has 0 saturated heterocycles. The third kappa shape index (κ3) is 8.63. The van der Waals surface area contributed by atoms with Crippen LogP contribution in [0, 0.1) is 0 Å². The molecule has 0 unspecified atom stereocenters. The number of hydrogen-bond donors (Lipinski definition) is 5. The van der Waals surface area contributed by atoms with E-state index in [4.69, 9.17) is 16.8 Å². The van der Waals surface area contributed by atoms with Crippen molar-refractivity contribution in [2.45, 2.75) is 56.1 Å². The Balaban J connectivity index is 1.58. The molecule has 5 N–H and O–H groups in total. The summed E-state index contributed by atoms with van der Waals surface area (Å²) < 4.78 is 25.6. The van der Waals surface area contributed by atoms with Crippen molar-refractivity contribution in [3.8, 4) is 0 Å². The third-order valence-corrected chi connectivity index (χ3v) is 8.44. The zero-order chi connectivity index (χ0) is 29.1. The highest BCUT2D eigenvalue weighted by atomic mass is 35.5. The zero-order valence-corrected chi connectivity index (χ0v) is 23.8. The lowest BCUT2D eigenvalue weighted by Crippen LogP contribution is -2.24. The van der Waals surface area contributed by atoms with Crippen LogP contribution in [-0.4, -0.2) is 47.2 Å². The number of hydroxylamine groups is 1. The summed E-state index contributed by atoms with van der Waals surface area (Å²) in [5.74, 6) is -0.134. The predicted octanol–water partition coefficient (Wildman–Crippen LogP) is 4.99. The zero-order valence-electron chi connectivity index (χ0n) is 22.3. The molecule has 0 fully saturated rings. The van der Waals surface area contributed by atoms with Gasteiger partial charge in [-0.05, 0) is 63.1 Å². The Bertz CT molecular complexity index is 1420. The number of para-hydroxylation sites is 1. The Morgan fingerprint density at radius 1 is 0.975 bits per heavy atom. The van der Waals surface area contributed by atoms with Gasteiger partial charge in [0.05, 0.1) is 22.0 Å². The number of amides is 2. The number of nitrogens with zero attached hydrogens (tertiary/aromatic N) is 2. The van der Waals surface area contributed by atoms with Crippen LogP contribution in [-0.2, 0) is 14.6 Å². The normalized spacial score (nSPS) is 11.2. The van der Waals surface area contributed by atoms with Gasteiger partial charge >= 0.3 is 0 Å². The second-order valence-corrected chi connectivity index (χ2v) is 12.1. The maximum atomic E-state index is 12.8. The molecule has 0 aliphatic rings. The van der Waals surface area contributed by atoms with Gasteiger partial charge in [-0.3, -0.25) is 14.8 Å². The minimum Gasteiger partial charge on any atom is -0.352 e. The largest absolute Gasteiger partial charge is 0.352 e. The lowest BCUT2D eigenvalue weighted by Gasteiger charge is -2.15. The molecule has 0 saturated carbocycles. The first-order valence-corrected chi connectivity index (χ1v) is 14.7. The van der Waals surface area contributed by atoms with Gasteiger partial charge in [-0.15, -0.1) is 0 Å². The molecule has 0 spiro atoms. The van der Waals surface area contributed by atoms with E-state index in [-0.39, 0.29) is 34.0 Å². The van der Waals surface area contributed by atoms with Gasteiger partial charge in [0, 0.05) is 24.2 Å². The molecule has 13 heteroatoms. The van der Waals surface area contributed by atoms with Crippen LogP contribution in [0.2, 0.25) is 5.02 Å². The van der Waals surface area contributed by atoms with Crippen LogP contribution in [0.3, 0.4) is 0 Å². The Hall–Kier alpha value is -3.74. The smallest absolute Gasteiger partial charge is 0.251 e. The monoisotopic (exact) mass is 588 g/mol. The van der Waals surface area contributed by atoms with Crippen molar-refractivity contribution < 1.29 is 23.2 Å². The number of halogens is 1. The van der Waals surface area contributed by atoms with Crippen LogP contribution in [0.5, 0.6) is 0 Å². The van der Waals surface area contributed by atoms with E-state index in [1.165, 1.54) is 12.3 Å². The third-order valence-electron chi connectivity index (χ3n) is 5.96. The molecule has 1 heterocycles. The van der Waals surface area contributed by atoms with Crippen LogP contribution in [0.1, 0.15) is 56.3 Å². The summed E-state index contributed by atoms with van der Waals surface area (Å²) in [6, 6.07) is 13.3. The van der Waals surface area contributed by atoms with Gasteiger partial charge in [-0.25, -0.2) is 18.9 Å². The number of aromatic nitrogens is 2. The average molecular weight is 589 g/mol. The van der Waals surface area contributed by atoms with Crippen molar-refractivity contribution >= 4 is 56.4 Å². The number of hydrogen-bond acceptors (Lipinski definition) is 9. The van der Waals surface area contributed by atoms with E-state index >= 15 is 0 Å². The van der Waals surface area contributed by atoms with E-state index in [1.54, 1.807) is 61.8 Å². The Morgan fingerprint density at radius 3 is 2.38 bits per heavy atom. The summed E-state index contributed by atoms with van der Waals surface area (Å²) >= 11 is 6.30. The quantitative estimate of drug-likeness (QED) is 0.0992. The molecule has 2 amide bonds. The fourth-order valence-electron chi connectivity index (χ4n) is 3.67. The van der Waals surface area contributed by atoms with E-state index in [0.717, 1.165) is 19.3 Å². The SMILES string of the molecule is CC(C)S(=O)(=O)c1ccccc1Nc1nc(Nc2ccc(C(=O)NCCCCCCC(=O)NO)cc2)ncc1Cl. The lowest BCUT2D eigenvalue weighted by molar-refractivity contribution is -0.129. The van der Waals surface area contributed by atoms with Crippen LogP contribution >= 0.6 is 11.6 Å². The van der Waals surface area contributed by atoms with Gasteiger partial charge in [0.15, 0.2) is 15.7 Å². The number of nitrogens with one attached hydrogen (secondary N) is 4. The number of carbonyl (C=O) groups is 2. The van der Waals surface area contributed by atoms with Crippen LogP contribution in [0.15, 0.2) is 59.6 Å². The molecule has 3 aromatic rings. The van der Waals surface area contributed by atoms with Gasteiger partial charge in [0.1, 0.15) is 5.02 Å². The highest BCUT2D eigenvalue weighted by molar-refractivity contribution is 7.92. The molecule has 11 nitrogen and oxygen atoms in total. The summed E-state index contributed by atoms with van der Waals surface area (Å²) in [7, 11) is -3.54. The van der Waals surface area contributed by atoms with Gasteiger partial charge in [0.2, 0.25) is 11.9 Å². The van der Waals surface area contributed by atoms with Crippen molar-refractivity contribution in [1.82, 2.24) is 20.8 Å². The highest BCUT2D eigenvalue weighted by Crippen LogP contribution is 2.30. The summed E-state index contributed by atoms with van der Waals surface area (Å²) in [6.07, 6.45) is 4.83. The fourth-order valence-corrected chi connectivity index (χ4v) is 5.01. The first kappa shape index (κ1) is 30.8. The molecule has 1 aromatic heterocycles. The molecular weight excluding hydrogens is 556 g/mol. The molecule has 0 radical (unpaired) electrons. The van der Waals surface area contributed by atoms with Gasteiger partial charge in [-0.2, -0.15) is 4.98 Å². The Labute approximate surface area is 238 Å². The summed E-state index contributed by atoms with van der Waals surface area (Å²) in [5, 5.41) is 17.0. The van der Waals surface area contributed by atoms with Crippen LogP contribution in [0.25, 0.3) is 0 Å². The molecule has 0 atom stereocenters. The summed E-state index contributed by atoms with van der Waals surface area (Å²) in [6.45, 7) is 3.75. The molecule has 0 bridgehead atoms. The van der Waals surface area contributed by atoms with Crippen molar-refractivity contribution in [1.29, 1.82) is 0 Å². The Morgan fingerprint density at radius 2 is 1.68 bits per heavy atom. The minimum atomic E-state index is -3.54. The van der Waals surface area contributed by atoms with Crippen LogP contribution < -0.4 is 21.4 Å². The predicted molar refractivity (Wildman–Crippen MR) is 154 cm³/mol. The lowest BCUT2D eigenvalue weighted by atomic mass is 10.1. The van der Waals surface area contributed by atoms with E-state index in [0.29, 0.717) is 29.9 Å². The molecule has 2 aromatic carbocycles. The second-order valence-electron chi connectivity index (χ2n) is 9.26. The van der Waals surface area contributed by atoms with E-state index in [2.05, 4.69) is 25.9 Å². The summed E-state index contributed by atoms with van der Waals surface area (Å²) in [5.41, 5.74) is 3.09. The molecule has 0 aliphatic carbocycles. The van der Waals surface area contributed by atoms with E-state index < -0.39 is 21.0 Å². The minimum absolute atomic E-state index is 0.148. The van der Waals surface area contributed by atoms with Crippen molar-refractivity contribution in [3.05, 3.63) is 65.3 Å². The summed E-state index contributed by atoms with van der Waals surface area (Å²) in [4.78, 5) is 32.1. The standard InChI is InChI=1S/C27H33ClN6O5S/c1-18(2)40(38,39)23-10-7-6-9-22(23)32-25-21(28)17-30-27(33-25)31-20-14-12-19(13-15-20)26(36)29-16-8-4-3-5-11-24(35)34-37/h6-7,9-10,12-15,17-18,37H,3-5,8,11,16H2,1-2H3,(H,29,36)(H,34,35)(H2,30,31,32,33). The van der Waals surface area contributed by atoms with Crippen molar-refractivity contribution in [2.75, 3.05) is 17.2 Å². The van der Waals surface area contributed by atoms with Crippen molar-refractivity contribution in [2.24, 2.45) is 0 Å². The first-order chi connectivity index (χ1) is 19.1. The molecule has 0 aliphatic heterocycles. The second kappa shape index (κ2) is 14.6. The number of benzene rings is 2. The molecular formula is C27H33ClN6O5S. The van der Waals surface area contributed by atoms with E-state index in [1.807, 2.05) is 0 Å². The van der Waals surface area contributed by atoms with Crippen molar-refractivity contribution in [3.63, 3.8) is 0 Å². The molecule has 214 valence electrons. The number of carbonyl (C=O) groups excluding carboxylic acids is 2. The van der Waals surface area contributed by atoms with Gasteiger partial charge in [-0.1, -0.05) is 36.6 Å². The molecule has 40 heavy (non-hydrogen) atoms. The Kier molecular flexibility index (Phi) is 11.2. The van der Waals surface area contributed by atoms with Gasteiger partial charge in [0.25, 0.3) is 5.91 Å². The number of sulfone groups is 1. The average Bonchev–Trinajstić information content (AvgIpc) is 2.94. The topological polar surface area (TPSA) is 162 Å². The van der Waals surface area contributed by atoms with E-state index in [9.17, 15) is 18.0 Å². The van der Waals surface area contributed by atoms with Gasteiger partial charge < -0.3 is 16.0 Å². The maximum Gasteiger partial charge on any atom is 0.251 e. The maximum absolute atomic E-state index is 12.8. The number of unbranched alkanes of at least 4 members (excludes halogenated alkanes) is 3. The number of rotatable bonds is 14. The van der Waals surface area contributed by atoms with Crippen LogP contribution in [0.4, 0.5) is 23.1 Å². The highest BCUT2D eigenvalue weighted by Gasteiger charge is 2.23.